The zero-order chi connectivity index (χ0) is 16.5. The average molecular weight is 310 g/mol. The first-order valence-corrected chi connectivity index (χ1v) is 8.54. The standard InChI is InChI=1S/C21H26O2/c1-3-4-5-9-16-23-20-14-12-19(13-15-20)21(22)17(2)18-10-7-6-8-11-18/h6-8,10-15,17H,3-5,9,16H2,1-2H3/t17-/m1/s1. The summed E-state index contributed by atoms with van der Waals surface area (Å²) in [5.74, 6) is 0.855. The topological polar surface area (TPSA) is 26.3 Å². The number of benzene rings is 2. The first-order chi connectivity index (χ1) is 11.2. The van der Waals surface area contributed by atoms with E-state index in [4.69, 9.17) is 4.74 Å². The fourth-order valence-corrected chi connectivity index (χ4v) is 2.58. The molecule has 0 unspecified atom stereocenters. The minimum atomic E-state index is -0.128. The maximum absolute atomic E-state index is 12.5. The third-order valence-corrected chi connectivity index (χ3v) is 4.10. The van der Waals surface area contributed by atoms with E-state index in [0.717, 1.165) is 29.9 Å². The largest absolute Gasteiger partial charge is 0.494 e. The van der Waals surface area contributed by atoms with E-state index in [2.05, 4.69) is 6.92 Å². The van der Waals surface area contributed by atoms with Crippen molar-refractivity contribution in [3.8, 4) is 5.75 Å². The molecule has 0 radical (unpaired) electrons. The molecular formula is C21H26O2. The third kappa shape index (κ3) is 5.24. The summed E-state index contributed by atoms with van der Waals surface area (Å²) in [5, 5.41) is 0. The summed E-state index contributed by atoms with van der Waals surface area (Å²) in [6.45, 7) is 4.90. The summed E-state index contributed by atoms with van der Waals surface area (Å²) < 4.78 is 5.72. The van der Waals surface area contributed by atoms with Gasteiger partial charge in [0.25, 0.3) is 0 Å². The second-order valence-electron chi connectivity index (χ2n) is 5.93. The van der Waals surface area contributed by atoms with Crippen LogP contribution in [0.1, 0.15) is 61.4 Å². The molecule has 0 aliphatic carbocycles. The maximum Gasteiger partial charge on any atom is 0.170 e. The van der Waals surface area contributed by atoms with Gasteiger partial charge in [-0.1, -0.05) is 63.4 Å². The van der Waals surface area contributed by atoms with Crippen molar-refractivity contribution in [3.63, 3.8) is 0 Å². The van der Waals surface area contributed by atoms with Crippen LogP contribution in [0.4, 0.5) is 0 Å². The van der Waals surface area contributed by atoms with Gasteiger partial charge in [0.2, 0.25) is 0 Å². The van der Waals surface area contributed by atoms with Crippen molar-refractivity contribution in [2.45, 2.75) is 45.4 Å². The van der Waals surface area contributed by atoms with Crippen LogP contribution in [-0.2, 0) is 0 Å². The van der Waals surface area contributed by atoms with Crippen LogP contribution in [0.3, 0.4) is 0 Å². The van der Waals surface area contributed by atoms with E-state index in [-0.39, 0.29) is 11.7 Å². The highest BCUT2D eigenvalue weighted by Crippen LogP contribution is 2.22. The second kappa shape index (κ2) is 9.14. The molecule has 0 saturated heterocycles. The van der Waals surface area contributed by atoms with Crippen LogP contribution in [-0.4, -0.2) is 12.4 Å². The second-order valence-corrected chi connectivity index (χ2v) is 5.93. The van der Waals surface area contributed by atoms with Crippen LogP contribution in [0.5, 0.6) is 5.75 Å². The molecule has 0 aromatic heterocycles. The lowest BCUT2D eigenvalue weighted by molar-refractivity contribution is 0.0966. The molecule has 0 aliphatic heterocycles. The number of rotatable bonds is 9. The van der Waals surface area contributed by atoms with Gasteiger partial charge in [0.15, 0.2) is 5.78 Å². The Kier molecular flexibility index (Phi) is 6.86. The van der Waals surface area contributed by atoms with E-state index in [1.54, 1.807) is 0 Å². The molecule has 0 aliphatic rings. The Morgan fingerprint density at radius 3 is 2.30 bits per heavy atom. The molecule has 23 heavy (non-hydrogen) atoms. The summed E-state index contributed by atoms with van der Waals surface area (Å²) in [5.41, 5.74) is 1.79. The van der Waals surface area contributed by atoms with E-state index in [0.29, 0.717) is 0 Å². The van der Waals surface area contributed by atoms with Gasteiger partial charge >= 0.3 is 0 Å². The van der Waals surface area contributed by atoms with Crippen molar-refractivity contribution in [3.05, 3.63) is 65.7 Å². The summed E-state index contributed by atoms with van der Waals surface area (Å²) in [7, 11) is 0. The van der Waals surface area contributed by atoms with Crippen molar-refractivity contribution in [1.29, 1.82) is 0 Å². The SMILES string of the molecule is CCCCCCOc1ccc(C(=O)[C@H](C)c2ccccc2)cc1. The Balaban J connectivity index is 1.90. The molecule has 2 aromatic rings. The van der Waals surface area contributed by atoms with Crippen molar-refractivity contribution >= 4 is 5.78 Å². The lowest BCUT2D eigenvalue weighted by Crippen LogP contribution is -2.09. The van der Waals surface area contributed by atoms with Gasteiger partial charge in [0.1, 0.15) is 5.75 Å². The van der Waals surface area contributed by atoms with E-state index < -0.39 is 0 Å². The summed E-state index contributed by atoms with van der Waals surface area (Å²) >= 11 is 0. The highest BCUT2D eigenvalue weighted by molar-refractivity contribution is 6.00. The number of hydrogen-bond donors (Lipinski definition) is 0. The quantitative estimate of drug-likeness (QED) is 0.443. The van der Waals surface area contributed by atoms with Crippen LogP contribution in [0, 0.1) is 0 Å². The van der Waals surface area contributed by atoms with E-state index in [1.165, 1.54) is 19.3 Å². The van der Waals surface area contributed by atoms with Crippen molar-refractivity contribution in [2.24, 2.45) is 0 Å². The molecule has 122 valence electrons. The van der Waals surface area contributed by atoms with Gasteiger partial charge in [-0.25, -0.2) is 0 Å². The molecule has 0 saturated carbocycles. The Morgan fingerprint density at radius 2 is 1.65 bits per heavy atom. The summed E-state index contributed by atoms with van der Waals surface area (Å²) in [6.07, 6.45) is 4.78. The van der Waals surface area contributed by atoms with E-state index in [1.807, 2.05) is 61.5 Å². The lowest BCUT2D eigenvalue weighted by atomic mass is 9.92. The molecule has 0 heterocycles. The third-order valence-electron chi connectivity index (χ3n) is 4.10. The number of ether oxygens (including phenoxy) is 1. The average Bonchev–Trinajstić information content (AvgIpc) is 2.61. The predicted molar refractivity (Wildman–Crippen MR) is 95.3 cm³/mol. The number of hydrogen-bond acceptors (Lipinski definition) is 2. The molecule has 0 fully saturated rings. The van der Waals surface area contributed by atoms with Gasteiger partial charge < -0.3 is 4.74 Å². The zero-order valence-corrected chi connectivity index (χ0v) is 14.1. The van der Waals surface area contributed by atoms with Gasteiger partial charge in [-0.3, -0.25) is 4.79 Å². The molecular weight excluding hydrogens is 284 g/mol. The smallest absolute Gasteiger partial charge is 0.170 e. The van der Waals surface area contributed by atoms with Crippen LogP contribution in [0.15, 0.2) is 54.6 Å². The van der Waals surface area contributed by atoms with Gasteiger partial charge in [0.05, 0.1) is 6.61 Å². The van der Waals surface area contributed by atoms with Crippen LogP contribution >= 0.6 is 0 Å². The van der Waals surface area contributed by atoms with Crippen LogP contribution in [0.25, 0.3) is 0 Å². The summed E-state index contributed by atoms with van der Waals surface area (Å²) in [6, 6.07) is 17.4. The van der Waals surface area contributed by atoms with Crippen LogP contribution < -0.4 is 4.74 Å². The number of carbonyl (C=O) groups excluding carboxylic acids is 1. The number of carbonyl (C=O) groups is 1. The fraction of sp³-hybridized carbons (Fsp3) is 0.381. The molecule has 0 N–H and O–H groups in total. The van der Waals surface area contributed by atoms with Gasteiger partial charge in [0, 0.05) is 11.5 Å². The molecule has 2 heteroatoms. The van der Waals surface area contributed by atoms with Crippen molar-refractivity contribution in [2.75, 3.05) is 6.61 Å². The van der Waals surface area contributed by atoms with Gasteiger partial charge in [-0.2, -0.15) is 0 Å². The van der Waals surface area contributed by atoms with Crippen LogP contribution in [0.2, 0.25) is 0 Å². The van der Waals surface area contributed by atoms with Gasteiger partial charge in [-0.15, -0.1) is 0 Å². The Hall–Kier alpha value is -2.09. The molecule has 1 atom stereocenters. The number of Topliss-reactive ketones (excluding diaryl/α,β-unsaturated/α-hetero) is 1. The molecule has 2 nitrogen and oxygen atoms in total. The molecule has 0 bridgehead atoms. The minimum absolute atomic E-state index is 0.128. The first kappa shape index (κ1) is 17.3. The normalized spacial score (nSPS) is 11.9. The van der Waals surface area contributed by atoms with E-state index in [9.17, 15) is 4.79 Å². The molecule has 2 aromatic carbocycles. The minimum Gasteiger partial charge on any atom is -0.494 e. The number of unbranched alkanes of at least 4 members (excludes halogenated alkanes) is 3. The van der Waals surface area contributed by atoms with Crippen molar-refractivity contribution in [1.82, 2.24) is 0 Å². The number of ketones is 1. The van der Waals surface area contributed by atoms with Gasteiger partial charge in [-0.05, 0) is 36.2 Å². The van der Waals surface area contributed by atoms with E-state index >= 15 is 0 Å². The molecule has 2 rings (SSSR count). The molecule has 0 amide bonds. The Labute approximate surface area is 139 Å². The maximum atomic E-state index is 12.5. The zero-order valence-electron chi connectivity index (χ0n) is 14.1. The fourth-order valence-electron chi connectivity index (χ4n) is 2.58. The first-order valence-electron chi connectivity index (χ1n) is 8.54. The monoisotopic (exact) mass is 310 g/mol. The highest BCUT2D eigenvalue weighted by atomic mass is 16.5. The summed E-state index contributed by atoms with van der Waals surface area (Å²) in [4.78, 5) is 12.5. The highest BCUT2D eigenvalue weighted by Gasteiger charge is 2.16. The lowest BCUT2D eigenvalue weighted by Gasteiger charge is -2.11. The Morgan fingerprint density at radius 1 is 0.957 bits per heavy atom. The Bertz CT molecular complexity index is 587. The predicted octanol–water partition coefficient (Wildman–Crippen LogP) is 5.63. The molecule has 0 spiro atoms. The van der Waals surface area contributed by atoms with Crippen molar-refractivity contribution < 1.29 is 9.53 Å².